The van der Waals surface area contributed by atoms with Gasteiger partial charge in [0.05, 0.1) is 12.2 Å². The van der Waals surface area contributed by atoms with Gasteiger partial charge in [0.1, 0.15) is 36.6 Å². The summed E-state index contributed by atoms with van der Waals surface area (Å²) in [6, 6.07) is 5.24. The van der Waals surface area contributed by atoms with Gasteiger partial charge in [0.2, 0.25) is 0 Å². The smallest absolute Gasteiger partial charge is 0.157 e. The predicted octanol–water partition coefficient (Wildman–Crippen LogP) is -1.53. The molecule has 2 heterocycles. The zero-order chi connectivity index (χ0) is 21.5. The number of aryl methyl sites for hydroxylation is 1. The van der Waals surface area contributed by atoms with Gasteiger partial charge in [-0.1, -0.05) is 6.07 Å². The number of aliphatic hydroxyl groups is 6. The van der Waals surface area contributed by atoms with Crippen LogP contribution in [0.25, 0.3) is 0 Å². The normalized spacial score (nSPS) is 43.1. The van der Waals surface area contributed by atoms with E-state index in [0.29, 0.717) is 11.4 Å². The van der Waals surface area contributed by atoms with Crippen LogP contribution in [0.1, 0.15) is 19.4 Å². The molecule has 10 heteroatoms. The summed E-state index contributed by atoms with van der Waals surface area (Å²) in [4.78, 5) is 0. The molecule has 0 amide bonds. The second-order valence-electron chi connectivity index (χ2n) is 7.79. The Morgan fingerprint density at radius 1 is 0.690 bits per heavy atom. The van der Waals surface area contributed by atoms with E-state index in [0.717, 1.165) is 5.56 Å². The van der Waals surface area contributed by atoms with E-state index in [-0.39, 0.29) is 0 Å². The van der Waals surface area contributed by atoms with Crippen molar-refractivity contribution in [3.63, 3.8) is 0 Å². The molecule has 164 valence electrons. The Labute approximate surface area is 168 Å². The van der Waals surface area contributed by atoms with E-state index >= 15 is 0 Å². The summed E-state index contributed by atoms with van der Waals surface area (Å²) in [6.45, 7) is 5.03. The first-order valence-electron chi connectivity index (χ1n) is 9.63. The van der Waals surface area contributed by atoms with Gasteiger partial charge in [-0.2, -0.15) is 0 Å². The van der Waals surface area contributed by atoms with E-state index in [1.807, 2.05) is 6.92 Å². The summed E-state index contributed by atoms with van der Waals surface area (Å²) in [5.74, 6) is 0. The van der Waals surface area contributed by atoms with E-state index in [2.05, 4.69) is 10.6 Å². The minimum Gasteiger partial charge on any atom is -0.388 e. The van der Waals surface area contributed by atoms with Crippen molar-refractivity contribution in [3.8, 4) is 0 Å². The molecule has 0 saturated carbocycles. The number of hydrogen-bond acceptors (Lipinski definition) is 10. The van der Waals surface area contributed by atoms with Gasteiger partial charge in [-0.25, -0.2) is 0 Å². The molecule has 2 saturated heterocycles. The summed E-state index contributed by atoms with van der Waals surface area (Å²) in [5.41, 5.74) is 1.97. The van der Waals surface area contributed by atoms with Crippen LogP contribution in [0, 0.1) is 6.92 Å². The van der Waals surface area contributed by atoms with Crippen molar-refractivity contribution >= 4 is 11.4 Å². The maximum absolute atomic E-state index is 10.2. The van der Waals surface area contributed by atoms with Crippen LogP contribution in [0.15, 0.2) is 18.2 Å². The van der Waals surface area contributed by atoms with Crippen LogP contribution in [-0.2, 0) is 9.47 Å². The van der Waals surface area contributed by atoms with E-state index in [4.69, 9.17) is 9.47 Å². The summed E-state index contributed by atoms with van der Waals surface area (Å²) >= 11 is 0. The third-order valence-corrected chi connectivity index (χ3v) is 5.55. The SMILES string of the molecule is Cc1ccc(N[C@H]2O[C@@H](C)[C@@H](O)[C@@H](O)[C@H]2O)cc1N[C@@H]1O[C@@H](C)[C@@H](O)[C@@H](O)[C@@H]1O. The first-order chi connectivity index (χ1) is 13.6. The van der Waals surface area contributed by atoms with Crippen LogP contribution in [0.3, 0.4) is 0 Å². The number of aliphatic hydroxyl groups excluding tert-OH is 6. The van der Waals surface area contributed by atoms with Crippen molar-refractivity contribution in [1.82, 2.24) is 0 Å². The lowest BCUT2D eigenvalue weighted by molar-refractivity contribution is -0.209. The minimum atomic E-state index is -1.35. The molecule has 0 aromatic heterocycles. The van der Waals surface area contributed by atoms with Crippen LogP contribution in [0.4, 0.5) is 11.4 Å². The van der Waals surface area contributed by atoms with Crippen molar-refractivity contribution < 1.29 is 40.1 Å². The molecule has 29 heavy (non-hydrogen) atoms. The van der Waals surface area contributed by atoms with Gasteiger partial charge in [-0.3, -0.25) is 0 Å². The fourth-order valence-electron chi connectivity index (χ4n) is 3.53. The van der Waals surface area contributed by atoms with Crippen LogP contribution < -0.4 is 10.6 Å². The molecule has 0 aliphatic carbocycles. The zero-order valence-corrected chi connectivity index (χ0v) is 16.5. The predicted molar refractivity (Wildman–Crippen MR) is 103 cm³/mol. The number of ether oxygens (including phenoxy) is 2. The lowest BCUT2D eigenvalue weighted by Gasteiger charge is -2.40. The highest BCUT2D eigenvalue weighted by atomic mass is 16.6. The summed E-state index contributed by atoms with van der Waals surface area (Å²) in [6.07, 6.45) is -11.0. The van der Waals surface area contributed by atoms with Crippen molar-refractivity contribution in [1.29, 1.82) is 0 Å². The van der Waals surface area contributed by atoms with E-state index in [9.17, 15) is 30.6 Å². The van der Waals surface area contributed by atoms with Crippen LogP contribution in [-0.4, -0.2) is 91.9 Å². The largest absolute Gasteiger partial charge is 0.388 e. The maximum Gasteiger partial charge on any atom is 0.157 e. The molecular weight excluding hydrogens is 384 g/mol. The Balaban J connectivity index is 1.73. The van der Waals surface area contributed by atoms with Gasteiger partial charge >= 0.3 is 0 Å². The number of nitrogens with one attached hydrogen (secondary N) is 2. The number of anilines is 2. The molecule has 0 unspecified atom stereocenters. The second kappa shape index (κ2) is 8.70. The van der Waals surface area contributed by atoms with E-state index in [1.54, 1.807) is 32.0 Å². The van der Waals surface area contributed by atoms with Crippen molar-refractivity contribution in [2.24, 2.45) is 0 Å². The molecule has 2 aliphatic heterocycles. The Hall–Kier alpha value is -1.50. The van der Waals surface area contributed by atoms with Gasteiger partial charge in [0.25, 0.3) is 0 Å². The summed E-state index contributed by atoms with van der Waals surface area (Å²) in [5, 5.41) is 65.9. The minimum absolute atomic E-state index is 0.553. The number of hydrogen-bond donors (Lipinski definition) is 8. The summed E-state index contributed by atoms with van der Waals surface area (Å²) < 4.78 is 11.1. The quantitative estimate of drug-likeness (QED) is 0.290. The van der Waals surface area contributed by atoms with Crippen molar-refractivity contribution in [3.05, 3.63) is 23.8 Å². The number of rotatable bonds is 4. The lowest BCUT2D eigenvalue weighted by Crippen LogP contribution is -2.59. The Morgan fingerprint density at radius 3 is 1.69 bits per heavy atom. The first-order valence-corrected chi connectivity index (χ1v) is 9.63. The monoisotopic (exact) mass is 414 g/mol. The third-order valence-electron chi connectivity index (χ3n) is 5.55. The molecule has 8 N–H and O–H groups in total. The van der Waals surface area contributed by atoms with Gasteiger partial charge in [0.15, 0.2) is 12.5 Å². The Kier molecular flexibility index (Phi) is 6.66. The maximum atomic E-state index is 10.2. The fraction of sp³-hybridized carbons (Fsp3) is 0.684. The number of benzene rings is 1. The fourth-order valence-corrected chi connectivity index (χ4v) is 3.53. The zero-order valence-electron chi connectivity index (χ0n) is 16.5. The molecule has 2 aliphatic rings. The van der Waals surface area contributed by atoms with Crippen LogP contribution >= 0.6 is 0 Å². The first kappa shape index (κ1) is 22.2. The second-order valence-corrected chi connectivity index (χ2v) is 7.79. The highest BCUT2D eigenvalue weighted by molar-refractivity contribution is 5.61. The third kappa shape index (κ3) is 4.49. The highest BCUT2D eigenvalue weighted by Crippen LogP contribution is 2.28. The molecule has 1 aromatic rings. The molecule has 3 rings (SSSR count). The highest BCUT2D eigenvalue weighted by Gasteiger charge is 2.43. The van der Waals surface area contributed by atoms with E-state index in [1.165, 1.54) is 0 Å². The lowest BCUT2D eigenvalue weighted by atomic mass is 9.98. The van der Waals surface area contributed by atoms with Gasteiger partial charge in [0, 0.05) is 11.4 Å². The molecule has 10 nitrogen and oxygen atoms in total. The van der Waals surface area contributed by atoms with Gasteiger partial charge in [-0.15, -0.1) is 0 Å². The van der Waals surface area contributed by atoms with E-state index < -0.39 is 61.3 Å². The average molecular weight is 414 g/mol. The molecule has 2 fully saturated rings. The van der Waals surface area contributed by atoms with Crippen molar-refractivity contribution in [2.45, 2.75) is 82.1 Å². The molecule has 0 bridgehead atoms. The van der Waals surface area contributed by atoms with Gasteiger partial charge < -0.3 is 50.7 Å². The Bertz CT molecular complexity index is 707. The molecule has 0 radical (unpaired) electrons. The van der Waals surface area contributed by atoms with Crippen LogP contribution in [0.5, 0.6) is 0 Å². The molecule has 1 aromatic carbocycles. The molecule has 10 atom stereocenters. The van der Waals surface area contributed by atoms with Crippen LogP contribution in [0.2, 0.25) is 0 Å². The van der Waals surface area contributed by atoms with Crippen molar-refractivity contribution in [2.75, 3.05) is 10.6 Å². The van der Waals surface area contributed by atoms with Gasteiger partial charge in [-0.05, 0) is 38.5 Å². The Morgan fingerprint density at radius 2 is 1.17 bits per heavy atom. The summed E-state index contributed by atoms with van der Waals surface area (Å²) in [7, 11) is 0. The standard InChI is InChI=1S/C19H30N2O8/c1-7-4-5-10(20-18-16(26)14(24)12(22)8(2)28-18)6-11(7)21-19-17(27)15(25)13(23)9(3)29-19/h4-6,8-9,12-27H,1-3H3/t8-,9-,12+,13+,14+,15+,16+,17-,18-,19+/m0/s1. The average Bonchev–Trinajstić information content (AvgIpc) is 2.69. The molecular formula is C19H30N2O8. The molecule has 0 spiro atoms. The topological polar surface area (TPSA) is 164 Å².